The highest BCUT2D eigenvalue weighted by Crippen LogP contribution is 2.46. The lowest BCUT2D eigenvalue weighted by molar-refractivity contribution is 0.212. The fraction of sp³-hybridized carbons (Fsp3) is 0.846. The van der Waals surface area contributed by atoms with Crippen LogP contribution >= 0.6 is 0 Å². The van der Waals surface area contributed by atoms with Crippen LogP contribution in [0.1, 0.15) is 63.7 Å². The second-order valence-corrected chi connectivity index (χ2v) is 5.99. The lowest BCUT2D eigenvalue weighted by Gasteiger charge is -2.35. The molecule has 0 bridgehead atoms. The fourth-order valence-electron chi connectivity index (χ4n) is 2.98. The molecule has 0 aromatic carbocycles. The minimum absolute atomic E-state index is 0.701. The monoisotopic (exact) mass is 219 g/mol. The first-order valence-corrected chi connectivity index (χ1v) is 6.63. The number of hydrogen-bond donors (Lipinski definition) is 0. The van der Waals surface area contributed by atoms with Gasteiger partial charge in [0.25, 0.3) is 0 Å². The van der Waals surface area contributed by atoms with Gasteiger partial charge in [-0.25, -0.2) is 0 Å². The van der Waals surface area contributed by atoms with E-state index in [0.717, 1.165) is 17.9 Å². The van der Waals surface area contributed by atoms with Gasteiger partial charge >= 0.3 is 0 Å². The van der Waals surface area contributed by atoms with Gasteiger partial charge in [0, 0.05) is 12.0 Å². The highest BCUT2D eigenvalue weighted by atomic mass is 15.3. The van der Waals surface area contributed by atoms with Gasteiger partial charge in [0.2, 0.25) is 0 Å². The SMILES string of the molecule is CC(C)CC1CC(c2nncn2C2CC2)C1. The van der Waals surface area contributed by atoms with E-state index in [4.69, 9.17) is 0 Å². The van der Waals surface area contributed by atoms with E-state index in [2.05, 4.69) is 28.6 Å². The van der Waals surface area contributed by atoms with Gasteiger partial charge < -0.3 is 4.57 Å². The Balaban J connectivity index is 1.61. The molecule has 1 aromatic rings. The van der Waals surface area contributed by atoms with Crippen molar-refractivity contribution >= 4 is 0 Å². The van der Waals surface area contributed by atoms with Crippen molar-refractivity contribution < 1.29 is 0 Å². The van der Waals surface area contributed by atoms with Crippen LogP contribution in [0.15, 0.2) is 6.33 Å². The van der Waals surface area contributed by atoms with Crippen LogP contribution in [0, 0.1) is 11.8 Å². The number of aromatic nitrogens is 3. The molecular weight excluding hydrogens is 198 g/mol. The standard InChI is InChI=1S/C13H21N3/c1-9(2)5-10-6-11(7-10)13-15-14-8-16(13)12-3-4-12/h8-12H,3-7H2,1-2H3. The van der Waals surface area contributed by atoms with Crippen LogP contribution in [0.25, 0.3) is 0 Å². The van der Waals surface area contributed by atoms with E-state index in [1.54, 1.807) is 0 Å². The first kappa shape index (κ1) is 10.3. The highest BCUT2D eigenvalue weighted by molar-refractivity contribution is 5.06. The molecule has 2 aliphatic rings. The largest absolute Gasteiger partial charge is 0.314 e. The molecule has 88 valence electrons. The molecule has 16 heavy (non-hydrogen) atoms. The smallest absolute Gasteiger partial charge is 0.136 e. The average Bonchev–Trinajstić information content (AvgIpc) is 2.90. The lowest BCUT2D eigenvalue weighted by atomic mass is 9.71. The maximum absolute atomic E-state index is 4.33. The molecule has 0 amide bonds. The van der Waals surface area contributed by atoms with Gasteiger partial charge in [-0.15, -0.1) is 10.2 Å². The molecule has 0 spiro atoms. The predicted molar refractivity (Wildman–Crippen MR) is 63.2 cm³/mol. The van der Waals surface area contributed by atoms with Gasteiger partial charge in [-0.1, -0.05) is 13.8 Å². The van der Waals surface area contributed by atoms with Crippen molar-refractivity contribution in [1.29, 1.82) is 0 Å². The molecule has 0 atom stereocenters. The van der Waals surface area contributed by atoms with Crippen molar-refractivity contribution in [2.45, 2.75) is 57.9 Å². The molecule has 3 rings (SSSR count). The summed E-state index contributed by atoms with van der Waals surface area (Å²) in [6.45, 7) is 4.64. The van der Waals surface area contributed by atoms with Gasteiger partial charge in [-0.2, -0.15) is 0 Å². The zero-order chi connectivity index (χ0) is 11.1. The van der Waals surface area contributed by atoms with E-state index in [0.29, 0.717) is 5.92 Å². The van der Waals surface area contributed by atoms with Crippen molar-refractivity contribution in [1.82, 2.24) is 14.8 Å². The van der Waals surface area contributed by atoms with E-state index >= 15 is 0 Å². The molecule has 0 aliphatic heterocycles. The summed E-state index contributed by atoms with van der Waals surface area (Å²) >= 11 is 0. The van der Waals surface area contributed by atoms with Crippen LogP contribution < -0.4 is 0 Å². The molecule has 2 fully saturated rings. The van der Waals surface area contributed by atoms with E-state index in [1.165, 1.54) is 37.9 Å². The van der Waals surface area contributed by atoms with E-state index < -0.39 is 0 Å². The quantitative estimate of drug-likeness (QED) is 0.778. The molecule has 0 N–H and O–H groups in total. The number of hydrogen-bond acceptors (Lipinski definition) is 2. The maximum atomic E-state index is 4.33. The molecule has 0 unspecified atom stereocenters. The molecule has 1 heterocycles. The third-order valence-electron chi connectivity index (χ3n) is 3.95. The van der Waals surface area contributed by atoms with Gasteiger partial charge in [0.1, 0.15) is 12.2 Å². The third-order valence-corrected chi connectivity index (χ3v) is 3.95. The average molecular weight is 219 g/mol. The van der Waals surface area contributed by atoms with Gasteiger partial charge in [-0.3, -0.25) is 0 Å². The molecule has 2 aliphatic carbocycles. The first-order valence-electron chi connectivity index (χ1n) is 6.63. The lowest BCUT2D eigenvalue weighted by Crippen LogP contribution is -2.25. The van der Waals surface area contributed by atoms with Crippen molar-refractivity contribution in [3.05, 3.63) is 12.2 Å². The summed E-state index contributed by atoms with van der Waals surface area (Å²) < 4.78 is 2.33. The normalized spacial score (nSPS) is 29.4. The second-order valence-electron chi connectivity index (χ2n) is 5.99. The summed E-state index contributed by atoms with van der Waals surface area (Å²) in [4.78, 5) is 0. The van der Waals surface area contributed by atoms with E-state index in [1.807, 2.05) is 6.33 Å². The molecular formula is C13H21N3. The summed E-state index contributed by atoms with van der Waals surface area (Å²) in [6, 6.07) is 0.731. The van der Waals surface area contributed by atoms with E-state index in [9.17, 15) is 0 Å². The maximum Gasteiger partial charge on any atom is 0.136 e. The van der Waals surface area contributed by atoms with Crippen LogP contribution in [-0.4, -0.2) is 14.8 Å². The Kier molecular flexibility index (Phi) is 2.49. The Bertz CT molecular complexity index is 359. The van der Waals surface area contributed by atoms with Crippen molar-refractivity contribution in [3.8, 4) is 0 Å². The Morgan fingerprint density at radius 2 is 2.12 bits per heavy atom. The molecule has 1 aromatic heterocycles. The Morgan fingerprint density at radius 1 is 1.38 bits per heavy atom. The zero-order valence-electron chi connectivity index (χ0n) is 10.3. The number of rotatable bonds is 4. The van der Waals surface area contributed by atoms with Crippen LogP contribution in [-0.2, 0) is 0 Å². The summed E-state index contributed by atoms with van der Waals surface area (Å²) in [7, 11) is 0. The summed E-state index contributed by atoms with van der Waals surface area (Å²) in [5.41, 5.74) is 0. The minimum Gasteiger partial charge on any atom is -0.314 e. The van der Waals surface area contributed by atoms with Crippen molar-refractivity contribution in [3.63, 3.8) is 0 Å². The number of nitrogens with zero attached hydrogens (tertiary/aromatic N) is 3. The zero-order valence-corrected chi connectivity index (χ0v) is 10.3. The van der Waals surface area contributed by atoms with Crippen LogP contribution in [0.2, 0.25) is 0 Å². The van der Waals surface area contributed by atoms with Crippen LogP contribution in [0.4, 0.5) is 0 Å². The van der Waals surface area contributed by atoms with Crippen LogP contribution in [0.3, 0.4) is 0 Å². The second kappa shape index (κ2) is 3.86. The van der Waals surface area contributed by atoms with Crippen molar-refractivity contribution in [2.24, 2.45) is 11.8 Å². The van der Waals surface area contributed by atoms with Crippen molar-refractivity contribution in [2.75, 3.05) is 0 Å². The Morgan fingerprint density at radius 3 is 2.75 bits per heavy atom. The summed E-state index contributed by atoms with van der Waals surface area (Å²) in [5, 5.41) is 8.41. The molecule has 3 nitrogen and oxygen atoms in total. The predicted octanol–water partition coefficient (Wildman–Crippen LogP) is 3.15. The third kappa shape index (κ3) is 1.87. The molecule has 0 saturated heterocycles. The molecule has 0 radical (unpaired) electrons. The Labute approximate surface area is 97.3 Å². The van der Waals surface area contributed by atoms with Crippen LogP contribution in [0.5, 0.6) is 0 Å². The molecule has 3 heteroatoms. The van der Waals surface area contributed by atoms with Gasteiger partial charge in [-0.05, 0) is 43.9 Å². The summed E-state index contributed by atoms with van der Waals surface area (Å²) in [6.07, 6.45) is 8.64. The van der Waals surface area contributed by atoms with Gasteiger partial charge in [0.15, 0.2) is 0 Å². The Hall–Kier alpha value is -0.860. The first-order chi connectivity index (χ1) is 7.74. The molecule has 2 saturated carbocycles. The van der Waals surface area contributed by atoms with Gasteiger partial charge in [0.05, 0.1) is 0 Å². The fourth-order valence-corrected chi connectivity index (χ4v) is 2.98. The highest BCUT2D eigenvalue weighted by Gasteiger charge is 2.36. The topological polar surface area (TPSA) is 30.7 Å². The van der Waals surface area contributed by atoms with E-state index in [-0.39, 0.29) is 0 Å². The minimum atomic E-state index is 0.701. The summed E-state index contributed by atoms with van der Waals surface area (Å²) in [5.74, 6) is 3.75.